The lowest BCUT2D eigenvalue weighted by Crippen LogP contribution is -2.02. The van der Waals surface area contributed by atoms with Crippen LogP contribution in [0.2, 0.25) is 5.02 Å². The van der Waals surface area contributed by atoms with Gasteiger partial charge < -0.3 is 15.8 Å². The van der Waals surface area contributed by atoms with Gasteiger partial charge in [0.2, 0.25) is 11.8 Å². The second-order valence-corrected chi connectivity index (χ2v) is 4.73. The molecule has 18 heavy (non-hydrogen) atoms. The van der Waals surface area contributed by atoms with E-state index >= 15 is 0 Å². The molecule has 1 aromatic carbocycles. The van der Waals surface area contributed by atoms with Crippen LogP contribution in [0.5, 0.6) is 5.88 Å². The summed E-state index contributed by atoms with van der Waals surface area (Å²) in [5.41, 5.74) is 6.29. The Kier molecular flexibility index (Phi) is 3.88. The maximum Gasteiger partial charge on any atom is 0.225 e. The smallest absolute Gasteiger partial charge is 0.225 e. The van der Waals surface area contributed by atoms with E-state index in [9.17, 15) is 0 Å². The number of anilines is 3. The van der Waals surface area contributed by atoms with Gasteiger partial charge >= 0.3 is 0 Å². The second kappa shape index (κ2) is 5.41. The number of nitrogen functional groups attached to an aromatic ring is 1. The van der Waals surface area contributed by atoms with Gasteiger partial charge in [0.05, 0.1) is 17.8 Å². The zero-order valence-corrected chi connectivity index (χ0v) is 11.8. The second-order valence-electron chi connectivity index (χ2n) is 3.40. The minimum Gasteiger partial charge on any atom is -0.481 e. The van der Waals surface area contributed by atoms with Crippen LogP contribution in [-0.4, -0.2) is 17.1 Å². The number of hydrogen-bond donors (Lipinski definition) is 2. The predicted molar refractivity (Wildman–Crippen MR) is 75.4 cm³/mol. The van der Waals surface area contributed by atoms with Gasteiger partial charge in [-0.2, -0.15) is 9.97 Å². The van der Waals surface area contributed by atoms with Crippen LogP contribution in [0.4, 0.5) is 17.5 Å². The number of aromatic nitrogens is 2. The Hall–Kier alpha value is -1.53. The minimum absolute atomic E-state index is 0.128. The lowest BCUT2D eigenvalue weighted by Gasteiger charge is -2.09. The number of hydrogen-bond acceptors (Lipinski definition) is 5. The highest BCUT2D eigenvalue weighted by Crippen LogP contribution is 2.28. The van der Waals surface area contributed by atoms with E-state index in [2.05, 4.69) is 31.2 Å². The van der Waals surface area contributed by atoms with Crippen molar-refractivity contribution < 1.29 is 4.74 Å². The van der Waals surface area contributed by atoms with Gasteiger partial charge in [-0.3, -0.25) is 0 Å². The number of halogens is 2. The Bertz CT molecular complexity index is 579. The Morgan fingerprint density at radius 1 is 1.33 bits per heavy atom. The first-order valence-corrected chi connectivity index (χ1v) is 6.16. The van der Waals surface area contributed by atoms with Crippen molar-refractivity contribution in [3.05, 3.63) is 33.8 Å². The molecular weight excluding hydrogens is 320 g/mol. The van der Waals surface area contributed by atoms with Crippen molar-refractivity contribution in [2.24, 2.45) is 0 Å². The van der Waals surface area contributed by atoms with Crippen LogP contribution in [-0.2, 0) is 0 Å². The summed E-state index contributed by atoms with van der Waals surface area (Å²) < 4.78 is 5.92. The highest BCUT2D eigenvalue weighted by atomic mass is 79.9. The third-order valence-corrected chi connectivity index (χ3v) is 2.94. The fourth-order valence-corrected chi connectivity index (χ4v) is 1.87. The molecule has 1 heterocycles. The molecule has 0 aliphatic heterocycles. The topological polar surface area (TPSA) is 73.1 Å². The molecule has 0 bridgehead atoms. The molecule has 0 saturated carbocycles. The van der Waals surface area contributed by atoms with E-state index in [1.54, 1.807) is 12.1 Å². The van der Waals surface area contributed by atoms with Crippen molar-refractivity contribution in [3.8, 4) is 5.88 Å². The third-order valence-electron chi connectivity index (χ3n) is 2.12. The summed E-state index contributed by atoms with van der Waals surface area (Å²) in [6.45, 7) is 0. The monoisotopic (exact) mass is 328 g/mol. The Morgan fingerprint density at radius 2 is 2.11 bits per heavy atom. The average molecular weight is 330 g/mol. The van der Waals surface area contributed by atoms with Crippen LogP contribution < -0.4 is 15.8 Å². The number of benzene rings is 1. The molecule has 0 atom stereocenters. The largest absolute Gasteiger partial charge is 0.481 e. The van der Waals surface area contributed by atoms with Gasteiger partial charge in [0, 0.05) is 10.5 Å². The number of methoxy groups -OCH3 is 1. The molecule has 0 fully saturated rings. The molecule has 0 amide bonds. The van der Waals surface area contributed by atoms with E-state index in [1.807, 2.05) is 12.1 Å². The van der Waals surface area contributed by atoms with Gasteiger partial charge in [0.25, 0.3) is 0 Å². The molecule has 2 rings (SSSR count). The summed E-state index contributed by atoms with van der Waals surface area (Å²) in [6, 6.07) is 7.10. The van der Waals surface area contributed by atoms with Crippen LogP contribution in [0.3, 0.4) is 0 Å². The van der Waals surface area contributed by atoms with E-state index in [4.69, 9.17) is 22.1 Å². The number of rotatable bonds is 3. The molecule has 7 heteroatoms. The number of nitrogens with zero attached hydrogens (tertiary/aromatic N) is 2. The Balaban J connectivity index is 2.33. The normalized spacial score (nSPS) is 10.2. The van der Waals surface area contributed by atoms with Crippen LogP contribution in [0, 0.1) is 0 Å². The van der Waals surface area contributed by atoms with E-state index in [0.717, 1.165) is 4.47 Å². The minimum atomic E-state index is 0.128. The quantitative estimate of drug-likeness (QED) is 0.904. The molecule has 0 aliphatic rings. The van der Waals surface area contributed by atoms with Crippen molar-refractivity contribution in [2.45, 2.75) is 0 Å². The first-order chi connectivity index (χ1) is 8.58. The molecular formula is C11H10BrClN4O. The maximum atomic E-state index is 6.07. The average Bonchev–Trinajstić information content (AvgIpc) is 2.33. The van der Waals surface area contributed by atoms with Gasteiger partial charge in [-0.1, -0.05) is 27.5 Å². The number of nitrogens with two attached hydrogens (primary N) is 1. The Labute approximate surface area is 117 Å². The summed E-state index contributed by atoms with van der Waals surface area (Å²) >= 11 is 9.44. The summed E-state index contributed by atoms with van der Waals surface area (Å²) in [6.07, 6.45) is 0. The van der Waals surface area contributed by atoms with Crippen LogP contribution in [0.15, 0.2) is 28.7 Å². The highest BCUT2D eigenvalue weighted by molar-refractivity contribution is 9.10. The van der Waals surface area contributed by atoms with Crippen molar-refractivity contribution in [2.75, 3.05) is 18.2 Å². The Morgan fingerprint density at radius 3 is 2.83 bits per heavy atom. The van der Waals surface area contributed by atoms with Crippen molar-refractivity contribution in [3.63, 3.8) is 0 Å². The molecule has 5 nitrogen and oxygen atoms in total. The van der Waals surface area contributed by atoms with E-state index in [1.165, 1.54) is 7.11 Å². The van der Waals surface area contributed by atoms with E-state index in [0.29, 0.717) is 22.4 Å². The lowest BCUT2D eigenvalue weighted by molar-refractivity contribution is 0.398. The molecule has 1 aromatic heterocycles. The summed E-state index contributed by atoms with van der Waals surface area (Å²) in [5.74, 6) is 1.03. The lowest BCUT2D eigenvalue weighted by atomic mass is 10.3. The molecule has 0 saturated heterocycles. The number of ether oxygens (including phenoxy) is 1. The molecule has 2 aromatic rings. The standard InChI is InChI=1S/C11H10BrClN4O/c1-18-10-5-9(16-11(14)17-10)15-8-4-6(12)2-3-7(8)13/h2-5H,1H3,(H3,14,15,16,17). The van der Waals surface area contributed by atoms with Gasteiger partial charge in [-0.05, 0) is 18.2 Å². The van der Waals surface area contributed by atoms with Gasteiger partial charge in [-0.25, -0.2) is 0 Å². The van der Waals surface area contributed by atoms with E-state index in [-0.39, 0.29) is 5.95 Å². The van der Waals surface area contributed by atoms with Gasteiger partial charge in [-0.15, -0.1) is 0 Å². The summed E-state index contributed by atoms with van der Waals surface area (Å²) in [4.78, 5) is 7.95. The first-order valence-electron chi connectivity index (χ1n) is 4.99. The van der Waals surface area contributed by atoms with Crippen molar-refractivity contribution >= 4 is 45.0 Å². The SMILES string of the molecule is COc1cc(Nc2cc(Br)ccc2Cl)nc(N)n1. The molecule has 0 radical (unpaired) electrons. The molecule has 0 aliphatic carbocycles. The fourth-order valence-electron chi connectivity index (χ4n) is 1.34. The predicted octanol–water partition coefficient (Wildman–Crippen LogP) is 3.23. The highest BCUT2D eigenvalue weighted by Gasteiger charge is 2.06. The third kappa shape index (κ3) is 3.02. The van der Waals surface area contributed by atoms with Crippen molar-refractivity contribution in [1.82, 2.24) is 9.97 Å². The summed E-state index contributed by atoms with van der Waals surface area (Å²) in [5, 5.41) is 3.63. The van der Waals surface area contributed by atoms with Crippen LogP contribution in [0.25, 0.3) is 0 Å². The van der Waals surface area contributed by atoms with Gasteiger partial charge in [0.15, 0.2) is 0 Å². The molecule has 0 unspecified atom stereocenters. The molecule has 3 N–H and O–H groups in total. The van der Waals surface area contributed by atoms with Gasteiger partial charge in [0.1, 0.15) is 5.82 Å². The van der Waals surface area contributed by atoms with E-state index < -0.39 is 0 Å². The zero-order valence-electron chi connectivity index (χ0n) is 9.45. The number of nitrogens with one attached hydrogen (secondary N) is 1. The van der Waals surface area contributed by atoms with Crippen molar-refractivity contribution in [1.29, 1.82) is 0 Å². The first kappa shape index (κ1) is 12.9. The zero-order chi connectivity index (χ0) is 13.1. The van der Waals surface area contributed by atoms with Crippen LogP contribution in [0.1, 0.15) is 0 Å². The van der Waals surface area contributed by atoms with Crippen LogP contribution >= 0.6 is 27.5 Å². The summed E-state index contributed by atoms with van der Waals surface area (Å²) in [7, 11) is 1.51. The molecule has 94 valence electrons. The fraction of sp³-hybridized carbons (Fsp3) is 0.0909. The maximum absolute atomic E-state index is 6.07. The molecule has 0 spiro atoms.